The number of nitrogens with one attached hydrogen (secondary N) is 1. The van der Waals surface area contributed by atoms with Crippen LogP contribution < -0.4 is 16.0 Å². The van der Waals surface area contributed by atoms with E-state index in [9.17, 15) is 24.6 Å². The summed E-state index contributed by atoms with van der Waals surface area (Å²) in [6.45, 7) is 5.55. The Morgan fingerprint density at radius 3 is 2.42 bits per heavy atom. The molecule has 0 bridgehead atoms. The number of carbonyl (C=O) groups is 2. The number of aliphatic carboxylic acids is 1. The zero-order valence-corrected chi connectivity index (χ0v) is 18.4. The molecule has 33 heavy (non-hydrogen) atoms. The summed E-state index contributed by atoms with van der Waals surface area (Å²) in [7, 11) is 0. The molecule has 2 N–H and O–H groups in total. The Morgan fingerprint density at radius 1 is 1.06 bits per heavy atom. The highest BCUT2D eigenvalue weighted by atomic mass is 16.4. The third-order valence-electron chi connectivity index (χ3n) is 5.90. The number of phenols is 1. The zero-order valence-electron chi connectivity index (χ0n) is 18.4. The highest BCUT2D eigenvalue weighted by Crippen LogP contribution is 2.32. The topological polar surface area (TPSA) is 133 Å². The van der Waals surface area contributed by atoms with Crippen LogP contribution in [0.4, 0.5) is 0 Å². The maximum atomic E-state index is 12.7. The van der Waals surface area contributed by atoms with E-state index in [-0.39, 0.29) is 24.2 Å². The second kappa shape index (κ2) is 8.46. The monoisotopic (exact) mass is 448 g/mol. The van der Waals surface area contributed by atoms with E-state index < -0.39 is 23.5 Å². The van der Waals surface area contributed by atoms with E-state index in [4.69, 9.17) is 8.83 Å². The summed E-state index contributed by atoms with van der Waals surface area (Å²) in [5, 5.41) is 25.0. The van der Waals surface area contributed by atoms with Gasteiger partial charge in [0.05, 0.1) is 18.3 Å². The largest absolute Gasteiger partial charge is 0.548 e. The molecule has 0 aliphatic carbocycles. The predicted octanol–water partition coefficient (Wildman–Crippen LogP) is 2.71. The lowest BCUT2D eigenvalue weighted by Gasteiger charge is -2.20. The van der Waals surface area contributed by atoms with Crippen LogP contribution in [0.2, 0.25) is 0 Å². The molecule has 4 rings (SSSR count). The average Bonchev–Trinajstić information content (AvgIpc) is 3.14. The normalized spacial score (nSPS) is 12.2. The Kier molecular flexibility index (Phi) is 5.68. The van der Waals surface area contributed by atoms with Gasteiger partial charge < -0.3 is 29.2 Å². The number of rotatable bonds is 6. The molecule has 2 aromatic heterocycles. The lowest BCUT2D eigenvalue weighted by atomic mass is 9.98. The van der Waals surface area contributed by atoms with E-state index in [0.29, 0.717) is 22.3 Å². The quantitative estimate of drug-likeness (QED) is 0.433. The summed E-state index contributed by atoms with van der Waals surface area (Å²) < 4.78 is 11.2. The molecule has 170 valence electrons. The van der Waals surface area contributed by atoms with E-state index in [2.05, 4.69) is 5.32 Å². The van der Waals surface area contributed by atoms with Gasteiger partial charge in [-0.2, -0.15) is 0 Å². The summed E-state index contributed by atoms with van der Waals surface area (Å²) in [6, 6.07) is 5.95. The molecule has 0 unspecified atom stereocenters. The fourth-order valence-electron chi connectivity index (χ4n) is 4.02. The highest BCUT2D eigenvalue weighted by molar-refractivity contribution is 5.99. The van der Waals surface area contributed by atoms with Gasteiger partial charge in [0, 0.05) is 28.3 Å². The minimum atomic E-state index is -1.48. The van der Waals surface area contributed by atoms with Crippen molar-refractivity contribution < 1.29 is 28.6 Å². The number of amides is 1. The minimum absolute atomic E-state index is 0.0289. The van der Waals surface area contributed by atoms with Crippen molar-refractivity contribution in [3.8, 4) is 5.75 Å². The lowest BCUT2D eigenvalue weighted by Crippen LogP contribution is -2.41. The second-order valence-corrected chi connectivity index (χ2v) is 8.08. The number of hydrogen-bond acceptors (Lipinski definition) is 7. The third kappa shape index (κ3) is 4.07. The summed E-state index contributed by atoms with van der Waals surface area (Å²) in [4.78, 5) is 36.7. The Labute approximate surface area is 188 Å². The molecular formula is C25H22NO7-. The Bertz CT molecular complexity index is 1440. The van der Waals surface area contributed by atoms with Crippen LogP contribution >= 0.6 is 0 Å². The molecule has 2 aromatic carbocycles. The molecule has 1 atom stereocenters. The Hall–Kier alpha value is -4.07. The molecule has 0 aliphatic rings. The lowest BCUT2D eigenvalue weighted by molar-refractivity contribution is -0.308. The number of aryl methyl sites for hydroxylation is 3. The Morgan fingerprint density at radius 2 is 1.76 bits per heavy atom. The number of phenolic OH excluding ortho intramolecular Hbond substituents is 1. The summed E-state index contributed by atoms with van der Waals surface area (Å²) in [6.07, 6.45) is 1.61. The first-order valence-electron chi connectivity index (χ1n) is 10.4. The highest BCUT2D eigenvalue weighted by Gasteiger charge is 2.20. The van der Waals surface area contributed by atoms with Crippen molar-refractivity contribution in [3.63, 3.8) is 0 Å². The summed E-state index contributed by atoms with van der Waals surface area (Å²) in [5.74, 6) is -2.07. The number of benzene rings is 2. The van der Waals surface area contributed by atoms with Gasteiger partial charge in [0.25, 0.3) is 0 Å². The first kappa shape index (κ1) is 22.1. The molecule has 1 amide bonds. The fraction of sp³-hybridized carbons (Fsp3) is 0.240. The molecule has 8 heteroatoms. The van der Waals surface area contributed by atoms with E-state index in [0.717, 1.165) is 21.9 Å². The van der Waals surface area contributed by atoms with Crippen molar-refractivity contribution in [1.82, 2.24) is 5.32 Å². The maximum Gasteiger partial charge on any atom is 0.339 e. The number of carboxylic acids is 1. The molecule has 0 radical (unpaired) electrons. The van der Waals surface area contributed by atoms with Crippen LogP contribution in [0.25, 0.3) is 21.9 Å². The SMILES string of the molecule is Cc1coc2c(C)c3oc(=O)c(CCC(=O)N[C@H](C(=O)[O-])c4ccc(O)cc4)c(C)c3cc12. The van der Waals surface area contributed by atoms with Gasteiger partial charge >= 0.3 is 5.63 Å². The Balaban J connectivity index is 1.59. The van der Waals surface area contributed by atoms with Gasteiger partial charge in [-0.1, -0.05) is 12.1 Å². The van der Waals surface area contributed by atoms with Gasteiger partial charge in [0.2, 0.25) is 5.91 Å². The van der Waals surface area contributed by atoms with Crippen molar-refractivity contribution >= 4 is 33.8 Å². The molecular weight excluding hydrogens is 426 g/mol. The van der Waals surface area contributed by atoms with Gasteiger partial charge in [0.15, 0.2) is 0 Å². The molecule has 8 nitrogen and oxygen atoms in total. The first-order chi connectivity index (χ1) is 15.7. The van der Waals surface area contributed by atoms with Crippen LogP contribution in [-0.2, 0) is 16.0 Å². The van der Waals surface area contributed by atoms with Gasteiger partial charge in [-0.15, -0.1) is 0 Å². The van der Waals surface area contributed by atoms with Crippen LogP contribution in [0.1, 0.15) is 40.3 Å². The standard InChI is InChI=1S/C25H23NO7/c1-12-11-32-22-14(3)23-19(10-18(12)22)13(2)17(25(31)33-23)8-9-20(28)26-21(24(29)30)15-4-6-16(27)7-5-15/h4-7,10-11,21,27H,8-9H2,1-3H3,(H,26,28)(H,29,30)/p-1/t21-/m0/s1. The summed E-state index contributed by atoms with van der Waals surface area (Å²) in [5.41, 5.74) is 3.57. The number of carboxylic acid groups (broad SMARTS) is 1. The molecule has 0 fully saturated rings. The van der Waals surface area contributed by atoms with Gasteiger partial charge in [-0.25, -0.2) is 4.79 Å². The second-order valence-electron chi connectivity index (χ2n) is 8.08. The number of hydrogen-bond donors (Lipinski definition) is 2. The van der Waals surface area contributed by atoms with Crippen molar-refractivity contribution in [2.75, 3.05) is 0 Å². The van der Waals surface area contributed by atoms with E-state index in [1.165, 1.54) is 24.3 Å². The predicted molar refractivity (Wildman–Crippen MR) is 119 cm³/mol. The molecule has 0 spiro atoms. The average molecular weight is 448 g/mol. The van der Waals surface area contributed by atoms with Gasteiger partial charge in [0.1, 0.15) is 16.9 Å². The zero-order chi connectivity index (χ0) is 23.9. The van der Waals surface area contributed by atoms with E-state index in [1.807, 2.05) is 19.9 Å². The minimum Gasteiger partial charge on any atom is -0.548 e. The van der Waals surface area contributed by atoms with Gasteiger partial charge in [-0.3, -0.25) is 4.79 Å². The molecule has 2 heterocycles. The number of fused-ring (bicyclic) bond motifs is 2. The van der Waals surface area contributed by atoms with Crippen molar-refractivity contribution in [2.24, 2.45) is 0 Å². The molecule has 0 aliphatic heterocycles. The van der Waals surface area contributed by atoms with Crippen molar-refractivity contribution in [1.29, 1.82) is 0 Å². The van der Waals surface area contributed by atoms with Crippen LogP contribution in [0.5, 0.6) is 5.75 Å². The van der Waals surface area contributed by atoms with Gasteiger partial charge in [-0.05, 0) is 62.1 Å². The number of carbonyl (C=O) groups excluding carboxylic acids is 2. The van der Waals surface area contributed by atoms with Crippen LogP contribution in [0.3, 0.4) is 0 Å². The molecule has 0 saturated carbocycles. The van der Waals surface area contributed by atoms with Crippen LogP contribution in [0, 0.1) is 20.8 Å². The number of furan rings is 1. The van der Waals surface area contributed by atoms with Crippen LogP contribution in [-0.4, -0.2) is 17.0 Å². The number of aromatic hydroxyl groups is 1. The van der Waals surface area contributed by atoms with E-state index >= 15 is 0 Å². The van der Waals surface area contributed by atoms with Crippen LogP contribution in [0.15, 0.2) is 50.2 Å². The van der Waals surface area contributed by atoms with E-state index in [1.54, 1.807) is 13.2 Å². The third-order valence-corrected chi connectivity index (χ3v) is 5.90. The maximum absolute atomic E-state index is 12.7. The van der Waals surface area contributed by atoms with Crippen molar-refractivity contribution in [3.05, 3.63) is 74.8 Å². The summed E-state index contributed by atoms with van der Waals surface area (Å²) >= 11 is 0. The molecule has 4 aromatic rings. The first-order valence-corrected chi connectivity index (χ1v) is 10.4. The van der Waals surface area contributed by atoms with Crippen molar-refractivity contribution in [2.45, 2.75) is 39.7 Å². The molecule has 0 saturated heterocycles. The fourth-order valence-corrected chi connectivity index (χ4v) is 4.02. The smallest absolute Gasteiger partial charge is 0.339 e.